The van der Waals surface area contributed by atoms with Gasteiger partial charge < -0.3 is 20.4 Å². The molecule has 2 N–H and O–H groups in total. The van der Waals surface area contributed by atoms with Crippen molar-refractivity contribution in [1.29, 1.82) is 0 Å². The van der Waals surface area contributed by atoms with Crippen molar-refractivity contribution in [3.05, 3.63) is 58.7 Å². The van der Waals surface area contributed by atoms with E-state index in [2.05, 4.69) is 15.5 Å². The Hall–Kier alpha value is -2.81. The van der Waals surface area contributed by atoms with E-state index in [4.69, 9.17) is 0 Å². The number of fused-ring (bicyclic) bond motifs is 3. The lowest BCUT2D eigenvalue weighted by Gasteiger charge is -2.45. The molecule has 0 unspecified atom stereocenters. The number of rotatable bonds is 7. The van der Waals surface area contributed by atoms with E-state index >= 15 is 4.39 Å². The highest BCUT2D eigenvalue weighted by Crippen LogP contribution is 2.35. The molecule has 4 aliphatic heterocycles. The number of hydrogen-bond acceptors (Lipinski definition) is 4. The SMILES string of the molecule is C[C@@H](NC(=O)c1cc(N2CCC2)c(F)cc1N[C@H]1CN2CCC1CC2)c1cccc(C(F)F)c1F. The molecule has 0 aromatic heterocycles. The van der Waals surface area contributed by atoms with E-state index in [9.17, 15) is 18.0 Å². The van der Waals surface area contributed by atoms with Crippen molar-refractivity contribution in [3.63, 3.8) is 0 Å². The second kappa shape index (κ2) is 9.68. The Morgan fingerprint density at radius 1 is 1.06 bits per heavy atom. The number of halogens is 4. The Kier molecular flexibility index (Phi) is 6.61. The number of alkyl halides is 2. The topological polar surface area (TPSA) is 47.6 Å². The standard InChI is InChI=1S/C26H30F4N4O/c1-15(17-4-2-5-18(24(17)28)25(29)30)31-26(35)19-12-23(34-8-3-9-34)20(27)13-21(19)32-22-14-33-10-6-16(22)7-11-33/h2,4-5,12-13,15-16,22,25,32H,3,6-11,14H2,1H3,(H,31,35)/t15-,22+/m1/s1. The zero-order valence-electron chi connectivity index (χ0n) is 19.7. The monoisotopic (exact) mass is 490 g/mol. The molecule has 35 heavy (non-hydrogen) atoms. The molecule has 4 fully saturated rings. The molecule has 4 aliphatic rings. The highest BCUT2D eigenvalue weighted by molar-refractivity contribution is 6.01. The number of nitrogens with one attached hydrogen (secondary N) is 2. The fourth-order valence-corrected chi connectivity index (χ4v) is 5.42. The third-order valence-electron chi connectivity index (χ3n) is 7.63. The van der Waals surface area contributed by atoms with Gasteiger partial charge in [-0.3, -0.25) is 4.79 Å². The lowest BCUT2D eigenvalue weighted by atomic mass is 9.84. The number of hydrogen-bond donors (Lipinski definition) is 2. The zero-order chi connectivity index (χ0) is 24.7. The van der Waals surface area contributed by atoms with E-state index in [1.54, 1.807) is 13.0 Å². The van der Waals surface area contributed by atoms with Crippen LogP contribution in [0.5, 0.6) is 0 Å². The first kappa shape index (κ1) is 23.9. The van der Waals surface area contributed by atoms with E-state index in [-0.39, 0.29) is 17.2 Å². The van der Waals surface area contributed by atoms with Crippen molar-refractivity contribution >= 4 is 17.3 Å². The summed E-state index contributed by atoms with van der Waals surface area (Å²) in [4.78, 5) is 17.6. The quantitative estimate of drug-likeness (QED) is 0.530. The van der Waals surface area contributed by atoms with Gasteiger partial charge in [0.25, 0.3) is 12.3 Å². The predicted octanol–water partition coefficient (Wildman–Crippen LogP) is 5.11. The number of carbonyl (C=O) groups is 1. The molecule has 2 atom stereocenters. The van der Waals surface area contributed by atoms with Gasteiger partial charge in [0, 0.05) is 31.2 Å². The van der Waals surface area contributed by atoms with Crippen LogP contribution in [0.1, 0.15) is 60.1 Å². The zero-order valence-corrected chi connectivity index (χ0v) is 19.7. The number of benzene rings is 2. The number of amides is 1. The minimum absolute atomic E-state index is 0.0203. The van der Waals surface area contributed by atoms with E-state index in [1.165, 1.54) is 18.2 Å². The van der Waals surface area contributed by atoms with Gasteiger partial charge in [0.1, 0.15) is 11.6 Å². The Bertz CT molecular complexity index is 1100. The lowest BCUT2D eigenvalue weighted by Crippen LogP contribution is -2.53. The van der Waals surface area contributed by atoms with Gasteiger partial charge in [-0.05, 0) is 57.3 Å². The summed E-state index contributed by atoms with van der Waals surface area (Å²) in [5, 5.41) is 6.16. The summed E-state index contributed by atoms with van der Waals surface area (Å²) in [5.74, 6) is -1.47. The third kappa shape index (κ3) is 4.70. The summed E-state index contributed by atoms with van der Waals surface area (Å²) in [5.41, 5.74) is 0.307. The Balaban J connectivity index is 1.43. The van der Waals surface area contributed by atoms with Crippen LogP contribution < -0.4 is 15.5 Å². The minimum Gasteiger partial charge on any atom is -0.380 e. The van der Waals surface area contributed by atoms with Crippen LogP contribution in [0.2, 0.25) is 0 Å². The van der Waals surface area contributed by atoms with Crippen molar-refractivity contribution in [2.24, 2.45) is 5.92 Å². The summed E-state index contributed by atoms with van der Waals surface area (Å²) in [7, 11) is 0. The lowest BCUT2D eigenvalue weighted by molar-refractivity contribution is 0.0934. The summed E-state index contributed by atoms with van der Waals surface area (Å²) < 4.78 is 56.0. The van der Waals surface area contributed by atoms with Crippen LogP contribution in [0.15, 0.2) is 30.3 Å². The van der Waals surface area contributed by atoms with Crippen LogP contribution in [0.3, 0.4) is 0 Å². The van der Waals surface area contributed by atoms with Gasteiger partial charge in [-0.25, -0.2) is 17.6 Å². The molecule has 1 amide bonds. The molecule has 6 rings (SSSR count). The van der Waals surface area contributed by atoms with E-state index < -0.39 is 35.6 Å². The molecular weight excluding hydrogens is 460 g/mol. The number of carbonyl (C=O) groups excluding carboxylic acids is 1. The predicted molar refractivity (Wildman–Crippen MR) is 127 cm³/mol. The normalized spacial score (nSPS) is 24.3. The fourth-order valence-electron chi connectivity index (χ4n) is 5.42. The van der Waals surface area contributed by atoms with Crippen LogP contribution in [0.25, 0.3) is 0 Å². The molecule has 0 aliphatic carbocycles. The first-order valence-electron chi connectivity index (χ1n) is 12.3. The Labute approximate surface area is 202 Å². The van der Waals surface area contributed by atoms with Gasteiger partial charge in [-0.1, -0.05) is 18.2 Å². The maximum absolute atomic E-state index is 15.1. The van der Waals surface area contributed by atoms with Crippen LogP contribution in [-0.4, -0.2) is 49.6 Å². The summed E-state index contributed by atoms with van der Waals surface area (Å²) >= 11 is 0. The molecule has 188 valence electrons. The largest absolute Gasteiger partial charge is 0.380 e. The number of piperidine rings is 3. The summed E-state index contributed by atoms with van der Waals surface area (Å²) in [6.45, 7) is 5.92. The van der Waals surface area contributed by atoms with Gasteiger partial charge >= 0.3 is 0 Å². The molecule has 2 aromatic carbocycles. The molecule has 9 heteroatoms. The second-order valence-electron chi connectivity index (χ2n) is 9.82. The maximum atomic E-state index is 15.1. The highest BCUT2D eigenvalue weighted by atomic mass is 19.3. The Morgan fingerprint density at radius 2 is 1.77 bits per heavy atom. The van der Waals surface area contributed by atoms with Crippen molar-refractivity contribution in [3.8, 4) is 0 Å². The average Bonchev–Trinajstić information content (AvgIpc) is 2.80. The smallest absolute Gasteiger partial charge is 0.266 e. The van der Waals surface area contributed by atoms with Gasteiger partial charge in [0.15, 0.2) is 0 Å². The molecule has 0 saturated carbocycles. The van der Waals surface area contributed by atoms with Crippen molar-refractivity contribution in [1.82, 2.24) is 10.2 Å². The number of anilines is 2. The van der Waals surface area contributed by atoms with Gasteiger partial charge in [-0.15, -0.1) is 0 Å². The average molecular weight is 491 g/mol. The highest BCUT2D eigenvalue weighted by Gasteiger charge is 2.35. The van der Waals surface area contributed by atoms with Crippen LogP contribution in [0, 0.1) is 17.6 Å². The Morgan fingerprint density at radius 3 is 2.37 bits per heavy atom. The van der Waals surface area contributed by atoms with Crippen molar-refractivity contribution in [2.75, 3.05) is 42.9 Å². The van der Waals surface area contributed by atoms with Gasteiger partial charge in [0.05, 0.1) is 28.5 Å². The first-order chi connectivity index (χ1) is 16.8. The second-order valence-corrected chi connectivity index (χ2v) is 9.82. The van der Waals surface area contributed by atoms with Gasteiger partial charge in [-0.2, -0.15) is 0 Å². The molecule has 2 aromatic rings. The summed E-state index contributed by atoms with van der Waals surface area (Å²) in [6.07, 6.45) is 0.123. The summed E-state index contributed by atoms with van der Waals surface area (Å²) in [6, 6.07) is 5.94. The van der Waals surface area contributed by atoms with Crippen LogP contribution >= 0.6 is 0 Å². The van der Waals surface area contributed by atoms with E-state index in [0.717, 1.165) is 45.0 Å². The number of nitrogens with zero attached hydrogens (tertiary/aromatic N) is 2. The van der Waals surface area contributed by atoms with Gasteiger partial charge in [0.2, 0.25) is 0 Å². The molecule has 0 radical (unpaired) electrons. The first-order valence-corrected chi connectivity index (χ1v) is 12.3. The molecule has 4 saturated heterocycles. The fraction of sp³-hybridized carbons (Fsp3) is 0.500. The van der Waals surface area contributed by atoms with Crippen molar-refractivity contribution < 1.29 is 22.4 Å². The van der Waals surface area contributed by atoms with Crippen molar-refractivity contribution in [2.45, 2.75) is 44.7 Å². The molecule has 0 spiro atoms. The van der Waals surface area contributed by atoms with E-state index in [0.29, 0.717) is 30.4 Å². The molecular formula is C26H30F4N4O. The van der Waals surface area contributed by atoms with E-state index in [1.807, 2.05) is 4.90 Å². The minimum atomic E-state index is -2.95. The maximum Gasteiger partial charge on any atom is 0.266 e. The molecule has 4 heterocycles. The van der Waals surface area contributed by atoms with Crippen LogP contribution in [0.4, 0.5) is 28.9 Å². The third-order valence-corrected chi connectivity index (χ3v) is 7.63. The molecule has 2 bridgehead atoms. The van der Waals surface area contributed by atoms with Crippen LogP contribution in [-0.2, 0) is 0 Å². The molecule has 5 nitrogen and oxygen atoms in total.